The second-order valence-corrected chi connectivity index (χ2v) is 8.44. The zero-order valence-corrected chi connectivity index (χ0v) is 17.0. The van der Waals surface area contributed by atoms with Crippen LogP contribution in [0.3, 0.4) is 0 Å². The van der Waals surface area contributed by atoms with Crippen molar-refractivity contribution in [3.63, 3.8) is 0 Å². The monoisotopic (exact) mass is 422 g/mol. The maximum absolute atomic E-state index is 12.2. The summed E-state index contributed by atoms with van der Waals surface area (Å²) in [5.41, 5.74) is 2.42. The first-order valence-corrected chi connectivity index (χ1v) is 10.3. The molecule has 1 aromatic carbocycles. The van der Waals surface area contributed by atoms with Gasteiger partial charge in [0.05, 0.1) is 15.2 Å². The van der Waals surface area contributed by atoms with Gasteiger partial charge in [-0.1, -0.05) is 6.07 Å². The molecular weight excluding hydrogens is 400 g/mol. The first-order valence-electron chi connectivity index (χ1n) is 8.71. The quantitative estimate of drug-likeness (QED) is 0.757. The van der Waals surface area contributed by atoms with Gasteiger partial charge in [-0.3, -0.25) is 4.79 Å². The minimum atomic E-state index is -0.538. The SMILES string of the molecule is Cc1ccc(OC(C)C(=O)NCCc2nc3c(s2)CCCC3)c(Br)c1. The Morgan fingerprint density at radius 1 is 1.40 bits per heavy atom. The standard InChI is InChI=1S/C19H23BrN2O2S/c1-12-7-8-16(14(20)11-12)24-13(2)19(23)21-10-9-18-22-15-5-3-4-6-17(15)25-18/h7-8,11,13H,3-6,9-10H2,1-2H3,(H,21,23). The number of rotatable bonds is 6. The number of benzene rings is 1. The number of carbonyl (C=O) groups excluding carboxylic acids is 1. The molecule has 6 heteroatoms. The topological polar surface area (TPSA) is 51.2 Å². The van der Waals surface area contributed by atoms with Crippen LogP contribution in [0.25, 0.3) is 0 Å². The lowest BCUT2D eigenvalue weighted by Crippen LogP contribution is -2.37. The van der Waals surface area contributed by atoms with Gasteiger partial charge in [0.25, 0.3) is 5.91 Å². The van der Waals surface area contributed by atoms with E-state index < -0.39 is 6.10 Å². The second kappa shape index (κ2) is 8.32. The van der Waals surface area contributed by atoms with Gasteiger partial charge in [-0.05, 0) is 73.2 Å². The van der Waals surface area contributed by atoms with Gasteiger partial charge in [0.1, 0.15) is 5.75 Å². The zero-order chi connectivity index (χ0) is 17.8. The molecule has 1 unspecified atom stereocenters. The van der Waals surface area contributed by atoms with E-state index in [1.807, 2.05) is 25.1 Å². The highest BCUT2D eigenvalue weighted by atomic mass is 79.9. The van der Waals surface area contributed by atoms with Crippen LogP contribution in [0.15, 0.2) is 22.7 Å². The highest BCUT2D eigenvalue weighted by Gasteiger charge is 2.17. The normalized spacial score (nSPS) is 14.7. The van der Waals surface area contributed by atoms with Crippen molar-refractivity contribution in [1.82, 2.24) is 10.3 Å². The number of fused-ring (bicyclic) bond motifs is 1. The molecular formula is C19H23BrN2O2S. The van der Waals surface area contributed by atoms with Gasteiger partial charge in [-0.15, -0.1) is 11.3 Å². The molecule has 4 nitrogen and oxygen atoms in total. The molecule has 25 heavy (non-hydrogen) atoms. The van der Waals surface area contributed by atoms with E-state index in [1.165, 1.54) is 23.4 Å². The Kier molecular flexibility index (Phi) is 6.12. The van der Waals surface area contributed by atoms with Crippen LogP contribution >= 0.6 is 27.3 Å². The van der Waals surface area contributed by atoms with Crippen molar-refractivity contribution >= 4 is 33.2 Å². The smallest absolute Gasteiger partial charge is 0.260 e. The van der Waals surface area contributed by atoms with Crippen LogP contribution in [-0.4, -0.2) is 23.5 Å². The number of aromatic nitrogens is 1. The molecule has 1 aliphatic rings. The Morgan fingerprint density at radius 3 is 2.96 bits per heavy atom. The summed E-state index contributed by atoms with van der Waals surface area (Å²) in [5.74, 6) is 0.578. The van der Waals surface area contributed by atoms with Gasteiger partial charge in [-0.25, -0.2) is 4.98 Å². The predicted molar refractivity (Wildman–Crippen MR) is 104 cm³/mol. The first kappa shape index (κ1) is 18.4. The van der Waals surface area contributed by atoms with Crippen molar-refractivity contribution in [3.05, 3.63) is 43.8 Å². The van der Waals surface area contributed by atoms with E-state index in [2.05, 4.69) is 21.2 Å². The lowest BCUT2D eigenvalue weighted by Gasteiger charge is -2.15. The van der Waals surface area contributed by atoms with Crippen molar-refractivity contribution in [2.45, 2.75) is 52.1 Å². The van der Waals surface area contributed by atoms with Crippen LogP contribution in [0.5, 0.6) is 5.75 Å². The largest absolute Gasteiger partial charge is 0.480 e. The summed E-state index contributed by atoms with van der Waals surface area (Å²) < 4.78 is 6.62. The van der Waals surface area contributed by atoms with Gasteiger partial charge >= 0.3 is 0 Å². The van der Waals surface area contributed by atoms with Crippen molar-refractivity contribution in [3.8, 4) is 5.75 Å². The maximum Gasteiger partial charge on any atom is 0.260 e. The molecule has 0 aliphatic heterocycles. The van der Waals surface area contributed by atoms with E-state index in [0.717, 1.165) is 34.3 Å². The summed E-state index contributed by atoms with van der Waals surface area (Å²) in [5, 5.41) is 4.08. The molecule has 0 fully saturated rings. The number of carbonyl (C=O) groups is 1. The van der Waals surface area contributed by atoms with E-state index in [4.69, 9.17) is 9.72 Å². The number of hydrogen-bond acceptors (Lipinski definition) is 4. The Morgan fingerprint density at radius 2 is 2.20 bits per heavy atom. The summed E-state index contributed by atoms with van der Waals surface area (Å²) in [7, 11) is 0. The molecule has 1 atom stereocenters. The fourth-order valence-corrected chi connectivity index (χ4v) is 4.64. The Bertz CT molecular complexity index is 736. The third-order valence-corrected chi connectivity index (χ3v) is 6.13. The molecule has 0 saturated heterocycles. The molecule has 1 heterocycles. The van der Waals surface area contributed by atoms with E-state index in [9.17, 15) is 4.79 Å². The Balaban J connectivity index is 1.47. The third-order valence-electron chi connectivity index (χ3n) is 4.29. The van der Waals surface area contributed by atoms with E-state index in [-0.39, 0.29) is 5.91 Å². The van der Waals surface area contributed by atoms with Crippen LogP contribution in [0.1, 0.15) is 40.9 Å². The van der Waals surface area contributed by atoms with Crippen LogP contribution in [0.4, 0.5) is 0 Å². The number of ether oxygens (including phenoxy) is 1. The first-order chi connectivity index (χ1) is 12.0. The van der Waals surface area contributed by atoms with Gasteiger partial charge < -0.3 is 10.1 Å². The van der Waals surface area contributed by atoms with E-state index in [0.29, 0.717) is 12.3 Å². The number of halogens is 1. The number of thiazole rings is 1. The Labute approximate surface area is 161 Å². The number of nitrogens with zero attached hydrogens (tertiary/aromatic N) is 1. The molecule has 2 aromatic rings. The third kappa shape index (κ3) is 4.82. The van der Waals surface area contributed by atoms with Crippen LogP contribution in [-0.2, 0) is 24.1 Å². The summed E-state index contributed by atoms with van der Waals surface area (Å²) in [6, 6.07) is 5.82. The minimum absolute atomic E-state index is 0.103. The van der Waals surface area contributed by atoms with E-state index in [1.54, 1.807) is 18.3 Å². The predicted octanol–water partition coefficient (Wildman–Crippen LogP) is 4.22. The van der Waals surface area contributed by atoms with Gasteiger partial charge in [-0.2, -0.15) is 0 Å². The lowest BCUT2D eigenvalue weighted by molar-refractivity contribution is -0.127. The molecule has 1 N–H and O–H groups in total. The molecule has 1 amide bonds. The fourth-order valence-electron chi connectivity index (χ4n) is 2.89. The van der Waals surface area contributed by atoms with Crippen molar-refractivity contribution in [2.24, 2.45) is 0 Å². The maximum atomic E-state index is 12.2. The molecule has 134 valence electrons. The molecule has 0 bridgehead atoms. The van der Waals surface area contributed by atoms with Crippen LogP contribution < -0.4 is 10.1 Å². The summed E-state index contributed by atoms with van der Waals surface area (Å²) in [6.07, 6.45) is 5.03. The molecule has 3 rings (SSSR count). The van der Waals surface area contributed by atoms with Crippen LogP contribution in [0, 0.1) is 6.92 Å². The average molecular weight is 423 g/mol. The molecule has 0 radical (unpaired) electrons. The van der Waals surface area contributed by atoms with Crippen molar-refractivity contribution in [1.29, 1.82) is 0 Å². The lowest BCUT2D eigenvalue weighted by atomic mass is 10.0. The molecule has 1 aromatic heterocycles. The highest BCUT2D eigenvalue weighted by Crippen LogP contribution is 2.27. The fraction of sp³-hybridized carbons (Fsp3) is 0.474. The second-order valence-electron chi connectivity index (χ2n) is 6.42. The van der Waals surface area contributed by atoms with Crippen molar-refractivity contribution < 1.29 is 9.53 Å². The van der Waals surface area contributed by atoms with E-state index >= 15 is 0 Å². The van der Waals surface area contributed by atoms with Gasteiger partial charge in [0, 0.05) is 17.8 Å². The molecule has 0 saturated carbocycles. The number of nitrogens with one attached hydrogen (secondary N) is 1. The zero-order valence-electron chi connectivity index (χ0n) is 14.6. The summed E-state index contributed by atoms with van der Waals surface area (Å²) >= 11 is 5.27. The number of amides is 1. The number of hydrogen-bond donors (Lipinski definition) is 1. The highest BCUT2D eigenvalue weighted by molar-refractivity contribution is 9.10. The minimum Gasteiger partial charge on any atom is -0.480 e. The summed E-state index contributed by atoms with van der Waals surface area (Å²) in [6.45, 7) is 4.37. The molecule has 1 aliphatic carbocycles. The average Bonchev–Trinajstić information content (AvgIpc) is 3.00. The summed E-state index contributed by atoms with van der Waals surface area (Å²) in [4.78, 5) is 18.4. The number of aryl methyl sites for hydroxylation is 3. The Hall–Kier alpha value is -1.40. The molecule has 0 spiro atoms. The van der Waals surface area contributed by atoms with Gasteiger partial charge in [0.15, 0.2) is 6.10 Å². The van der Waals surface area contributed by atoms with Gasteiger partial charge in [0.2, 0.25) is 0 Å². The van der Waals surface area contributed by atoms with Crippen molar-refractivity contribution in [2.75, 3.05) is 6.54 Å². The van der Waals surface area contributed by atoms with Crippen LogP contribution in [0.2, 0.25) is 0 Å².